The first-order valence-corrected chi connectivity index (χ1v) is 7.29. The smallest absolute Gasteiger partial charge is 0.144 e. The Kier molecular flexibility index (Phi) is 3.02. The van der Waals surface area contributed by atoms with E-state index in [9.17, 15) is 4.39 Å². The molecule has 1 aromatic heterocycles. The van der Waals surface area contributed by atoms with Crippen LogP contribution in [-0.4, -0.2) is 9.55 Å². The van der Waals surface area contributed by atoms with Crippen molar-refractivity contribution in [3.63, 3.8) is 0 Å². The molecular formula is C14H15Cl2FN2. The molecule has 5 heteroatoms. The maximum absolute atomic E-state index is 13.7. The van der Waals surface area contributed by atoms with Crippen LogP contribution in [0.4, 0.5) is 4.39 Å². The molecule has 0 radical (unpaired) electrons. The van der Waals surface area contributed by atoms with Crippen molar-refractivity contribution in [2.75, 3.05) is 0 Å². The monoisotopic (exact) mass is 300 g/mol. The molecule has 0 saturated heterocycles. The average Bonchev–Trinajstić information content (AvgIpc) is 3.13. The van der Waals surface area contributed by atoms with Crippen molar-refractivity contribution in [1.82, 2.24) is 9.55 Å². The summed E-state index contributed by atoms with van der Waals surface area (Å²) in [5.74, 6) is 1.27. The number of fused-ring (bicyclic) bond motifs is 1. The van der Waals surface area contributed by atoms with Crippen LogP contribution in [0.25, 0.3) is 11.0 Å². The molecule has 2 aromatic rings. The van der Waals surface area contributed by atoms with E-state index in [1.807, 2.05) is 0 Å². The lowest BCUT2D eigenvalue weighted by molar-refractivity contribution is 0.306. The van der Waals surface area contributed by atoms with E-state index in [4.69, 9.17) is 23.2 Å². The summed E-state index contributed by atoms with van der Waals surface area (Å²) in [6, 6.07) is 3.03. The molecule has 3 rings (SSSR count). The molecule has 0 aliphatic heterocycles. The molecule has 1 aliphatic rings. The number of hydrogen-bond donors (Lipinski definition) is 0. The zero-order valence-corrected chi connectivity index (χ0v) is 12.4. The Balaban J connectivity index is 2.29. The Labute approximate surface area is 121 Å². The fourth-order valence-electron chi connectivity index (χ4n) is 2.83. The molecule has 102 valence electrons. The number of benzene rings is 1. The summed E-state index contributed by atoms with van der Waals surface area (Å²) >= 11 is 11.8. The Bertz CT molecular complexity index is 644. The summed E-state index contributed by atoms with van der Waals surface area (Å²) in [5, 5.41) is 0.0995. The summed E-state index contributed by atoms with van der Waals surface area (Å²) in [6.07, 6.45) is 2.40. The molecule has 0 N–H and O–H groups in total. The summed E-state index contributed by atoms with van der Waals surface area (Å²) in [4.78, 5) is 4.49. The number of alkyl halides is 1. The first-order valence-electron chi connectivity index (χ1n) is 6.38. The minimum absolute atomic E-state index is 0.0980. The van der Waals surface area contributed by atoms with Gasteiger partial charge in [-0.05, 0) is 38.7 Å². The Hall–Kier alpha value is -0.800. The van der Waals surface area contributed by atoms with Crippen LogP contribution in [0, 0.1) is 11.7 Å². The zero-order chi connectivity index (χ0) is 13.8. The summed E-state index contributed by atoms with van der Waals surface area (Å²) < 4.78 is 15.8. The molecule has 1 aliphatic carbocycles. The fraction of sp³-hybridized carbons (Fsp3) is 0.500. The molecule has 0 amide bonds. The van der Waals surface area contributed by atoms with Crippen molar-refractivity contribution in [3.8, 4) is 0 Å². The van der Waals surface area contributed by atoms with Gasteiger partial charge in [-0.3, -0.25) is 0 Å². The Morgan fingerprint density at radius 2 is 2.11 bits per heavy atom. The number of imidazole rings is 1. The van der Waals surface area contributed by atoms with Gasteiger partial charge in [0.15, 0.2) is 0 Å². The third kappa shape index (κ3) is 2.03. The van der Waals surface area contributed by atoms with Gasteiger partial charge < -0.3 is 4.57 Å². The van der Waals surface area contributed by atoms with Crippen molar-refractivity contribution < 1.29 is 4.39 Å². The minimum atomic E-state index is -0.414. The number of nitrogens with zero attached hydrogens (tertiary/aromatic N) is 2. The van der Waals surface area contributed by atoms with E-state index < -0.39 is 5.82 Å². The number of aromatic nitrogens is 2. The Morgan fingerprint density at radius 1 is 1.42 bits per heavy atom. The van der Waals surface area contributed by atoms with Crippen molar-refractivity contribution in [2.45, 2.75) is 38.1 Å². The van der Waals surface area contributed by atoms with Gasteiger partial charge >= 0.3 is 0 Å². The van der Waals surface area contributed by atoms with Crippen LogP contribution in [0.2, 0.25) is 5.02 Å². The third-order valence-corrected chi connectivity index (χ3v) is 4.57. The van der Waals surface area contributed by atoms with Gasteiger partial charge in [0.05, 0.1) is 21.9 Å². The van der Waals surface area contributed by atoms with E-state index >= 15 is 0 Å². The summed E-state index contributed by atoms with van der Waals surface area (Å²) in [5.41, 5.74) is 1.38. The predicted molar refractivity (Wildman–Crippen MR) is 76.3 cm³/mol. The van der Waals surface area contributed by atoms with Gasteiger partial charge in [-0.15, -0.1) is 11.6 Å². The van der Waals surface area contributed by atoms with E-state index in [0.29, 0.717) is 17.3 Å². The van der Waals surface area contributed by atoms with Crippen molar-refractivity contribution in [3.05, 3.63) is 28.8 Å². The normalized spacial score (nSPS) is 16.3. The summed E-state index contributed by atoms with van der Waals surface area (Å²) in [6.45, 7) is 4.32. The first kappa shape index (κ1) is 13.2. The van der Waals surface area contributed by atoms with Crippen LogP contribution < -0.4 is 0 Å². The number of rotatable bonds is 3. The lowest BCUT2D eigenvalue weighted by Crippen LogP contribution is -2.30. The van der Waals surface area contributed by atoms with E-state index in [1.165, 1.54) is 18.9 Å². The third-order valence-electron chi connectivity index (χ3n) is 4.04. The van der Waals surface area contributed by atoms with Crippen molar-refractivity contribution in [2.24, 2.45) is 5.92 Å². The second kappa shape index (κ2) is 4.35. The number of hydrogen-bond acceptors (Lipinski definition) is 1. The van der Waals surface area contributed by atoms with Crippen molar-refractivity contribution in [1.29, 1.82) is 0 Å². The molecule has 1 saturated carbocycles. The minimum Gasteiger partial charge on any atom is -0.321 e. The molecule has 19 heavy (non-hydrogen) atoms. The largest absolute Gasteiger partial charge is 0.321 e. The standard InChI is InChI=1S/C14H15Cl2FN2/c1-14(2,8-3-4-8)19-12-6-10(17)9(16)5-11(12)18-13(19)7-15/h5-6,8H,3-4,7H2,1-2H3. The van der Waals surface area contributed by atoms with Gasteiger partial charge in [0.1, 0.15) is 11.6 Å². The van der Waals surface area contributed by atoms with Crippen molar-refractivity contribution >= 4 is 34.2 Å². The van der Waals surface area contributed by atoms with Crippen LogP contribution in [-0.2, 0) is 11.4 Å². The molecule has 2 nitrogen and oxygen atoms in total. The summed E-state index contributed by atoms with van der Waals surface area (Å²) in [7, 11) is 0. The lowest BCUT2D eigenvalue weighted by atomic mass is 9.97. The maximum Gasteiger partial charge on any atom is 0.144 e. The quantitative estimate of drug-likeness (QED) is 0.751. The lowest BCUT2D eigenvalue weighted by Gasteiger charge is -2.29. The van der Waals surface area contributed by atoms with Gasteiger partial charge in [0.25, 0.3) is 0 Å². The van der Waals surface area contributed by atoms with Crippen LogP contribution in [0.3, 0.4) is 0 Å². The van der Waals surface area contributed by atoms with Gasteiger partial charge in [-0.25, -0.2) is 9.37 Å². The maximum atomic E-state index is 13.7. The van der Waals surface area contributed by atoms with E-state index in [-0.39, 0.29) is 10.6 Å². The Morgan fingerprint density at radius 3 is 2.68 bits per heavy atom. The molecule has 1 heterocycles. The van der Waals surface area contributed by atoms with Gasteiger partial charge in [0, 0.05) is 11.6 Å². The highest BCUT2D eigenvalue weighted by atomic mass is 35.5. The highest BCUT2D eigenvalue weighted by Crippen LogP contribution is 2.46. The van der Waals surface area contributed by atoms with E-state index in [0.717, 1.165) is 11.3 Å². The van der Waals surface area contributed by atoms with Gasteiger partial charge in [0.2, 0.25) is 0 Å². The molecular weight excluding hydrogens is 286 g/mol. The van der Waals surface area contributed by atoms with Crippen LogP contribution >= 0.6 is 23.2 Å². The average molecular weight is 301 g/mol. The second-order valence-corrected chi connectivity index (χ2v) is 6.35. The molecule has 1 fully saturated rings. The number of halogens is 3. The molecule has 0 bridgehead atoms. The molecule has 0 spiro atoms. The van der Waals surface area contributed by atoms with Crippen LogP contribution in [0.5, 0.6) is 0 Å². The SMILES string of the molecule is CC(C)(C1CC1)n1c(CCl)nc2cc(Cl)c(F)cc21. The van der Waals surface area contributed by atoms with E-state index in [2.05, 4.69) is 23.4 Å². The molecule has 1 aromatic carbocycles. The predicted octanol–water partition coefficient (Wildman–Crippen LogP) is 4.71. The molecule has 0 atom stereocenters. The van der Waals surface area contributed by atoms with Crippen LogP contribution in [0.15, 0.2) is 12.1 Å². The second-order valence-electron chi connectivity index (χ2n) is 5.68. The first-order chi connectivity index (χ1) is 8.95. The zero-order valence-electron chi connectivity index (χ0n) is 10.9. The highest BCUT2D eigenvalue weighted by molar-refractivity contribution is 6.31. The van der Waals surface area contributed by atoms with Gasteiger partial charge in [-0.2, -0.15) is 0 Å². The topological polar surface area (TPSA) is 17.8 Å². The molecule has 0 unspecified atom stereocenters. The van der Waals surface area contributed by atoms with E-state index in [1.54, 1.807) is 6.07 Å². The van der Waals surface area contributed by atoms with Gasteiger partial charge in [-0.1, -0.05) is 11.6 Å². The highest BCUT2D eigenvalue weighted by Gasteiger charge is 2.41. The van der Waals surface area contributed by atoms with Crippen LogP contribution in [0.1, 0.15) is 32.5 Å². The fourth-order valence-corrected chi connectivity index (χ4v) is 3.16.